The number of hydrogen-bond acceptors (Lipinski definition) is 3. The fraction of sp³-hybridized carbons (Fsp3) is 0.0952. The second-order valence-corrected chi connectivity index (χ2v) is 7.74. The van der Waals surface area contributed by atoms with E-state index in [2.05, 4.69) is 31.3 Å². The lowest BCUT2D eigenvalue weighted by Crippen LogP contribution is -2.17. The molecule has 0 radical (unpaired) electrons. The summed E-state index contributed by atoms with van der Waals surface area (Å²) in [5, 5.41) is 5.71. The van der Waals surface area contributed by atoms with Crippen molar-refractivity contribution in [2.45, 2.75) is 12.4 Å². The number of rotatable bonds is 3. The van der Waals surface area contributed by atoms with Crippen LogP contribution < -0.4 is 5.32 Å². The molecule has 0 aliphatic heterocycles. The number of carbonyl (C=O) groups is 1. The lowest BCUT2D eigenvalue weighted by molar-refractivity contribution is -0.142. The summed E-state index contributed by atoms with van der Waals surface area (Å²) < 4.78 is 81.9. The normalized spacial score (nSPS) is 12.2. The zero-order chi connectivity index (χ0) is 24.0. The van der Waals surface area contributed by atoms with Gasteiger partial charge in [-0.3, -0.25) is 4.79 Å². The third-order valence-electron chi connectivity index (χ3n) is 4.63. The minimum atomic E-state index is -4.84. The van der Waals surface area contributed by atoms with Crippen LogP contribution in [0, 0.1) is 0 Å². The Morgan fingerprint density at radius 3 is 2.24 bits per heavy atom. The summed E-state index contributed by atoms with van der Waals surface area (Å²) >= 11 is 3.23. The summed E-state index contributed by atoms with van der Waals surface area (Å²) in [6.07, 6.45) is -8.76. The molecular formula is C21H11BrF6N4O. The van der Waals surface area contributed by atoms with Gasteiger partial charge in [0.1, 0.15) is 5.56 Å². The highest BCUT2D eigenvalue weighted by atomic mass is 79.9. The van der Waals surface area contributed by atoms with Crippen molar-refractivity contribution in [1.82, 2.24) is 14.6 Å². The molecule has 2 heterocycles. The van der Waals surface area contributed by atoms with Gasteiger partial charge in [-0.1, -0.05) is 40.2 Å². The van der Waals surface area contributed by atoms with Crippen LogP contribution in [-0.4, -0.2) is 20.5 Å². The van der Waals surface area contributed by atoms with E-state index in [1.807, 2.05) is 0 Å². The van der Waals surface area contributed by atoms with Crippen LogP contribution in [0.3, 0.4) is 0 Å². The number of nitrogens with one attached hydrogen (secondary N) is 1. The van der Waals surface area contributed by atoms with E-state index >= 15 is 0 Å². The summed E-state index contributed by atoms with van der Waals surface area (Å²) in [5.41, 5.74) is -3.47. The maximum absolute atomic E-state index is 13.7. The molecule has 2 aromatic heterocycles. The van der Waals surface area contributed by atoms with Gasteiger partial charge in [0, 0.05) is 10.0 Å². The Bertz CT molecular complexity index is 1350. The van der Waals surface area contributed by atoms with Gasteiger partial charge in [0.25, 0.3) is 5.91 Å². The van der Waals surface area contributed by atoms with Gasteiger partial charge in [-0.15, -0.1) is 0 Å². The van der Waals surface area contributed by atoms with Crippen molar-refractivity contribution in [2.75, 3.05) is 5.32 Å². The first kappa shape index (κ1) is 22.8. The number of para-hydroxylation sites is 1. The largest absolute Gasteiger partial charge is 0.433 e. The van der Waals surface area contributed by atoms with E-state index in [9.17, 15) is 31.1 Å². The standard InChI is InChI=1S/C21H11BrF6N4O/c22-12-7-5-11(6-8-12)16-9-17(21(26,27)28)32-18(30-16)13(10-29-32)19(33)31-15-4-2-1-3-14(15)20(23,24)25/h1-10H,(H,31,33). The van der Waals surface area contributed by atoms with Crippen LogP contribution in [0.1, 0.15) is 21.6 Å². The summed E-state index contributed by atoms with van der Waals surface area (Å²) in [4.78, 5) is 16.9. The molecule has 0 atom stereocenters. The van der Waals surface area contributed by atoms with Gasteiger partial charge in [-0.25, -0.2) is 9.50 Å². The number of fused-ring (bicyclic) bond motifs is 1. The monoisotopic (exact) mass is 528 g/mol. The van der Waals surface area contributed by atoms with Crippen LogP contribution in [-0.2, 0) is 12.4 Å². The highest BCUT2D eigenvalue weighted by molar-refractivity contribution is 9.10. The molecule has 5 nitrogen and oxygen atoms in total. The van der Waals surface area contributed by atoms with Gasteiger partial charge in [0.2, 0.25) is 0 Å². The number of alkyl halides is 6. The van der Waals surface area contributed by atoms with Gasteiger partial charge in [-0.05, 0) is 30.3 Å². The molecule has 0 aliphatic rings. The molecule has 4 rings (SSSR count). The third-order valence-corrected chi connectivity index (χ3v) is 5.16. The summed E-state index contributed by atoms with van der Waals surface area (Å²) in [7, 11) is 0. The van der Waals surface area contributed by atoms with Gasteiger partial charge >= 0.3 is 12.4 Å². The second kappa shape index (κ2) is 8.18. The van der Waals surface area contributed by atoms with Crippen LogP contribution in [0.5, 0.6) is 0 Å². The molecule has 1 amide bonds. The summed E-state index contributed by atoms with van der Waals surface area (Å²) in [6, 6.07) is 11.3. The molecule has 1 N–H and O–H groups in total. The lowest BCUT2D eigenvalue weighted by Gasteiger charge is -2.14. The van der Waals surface area contributed by atoms with Crippen LogP contribution >= 0.6 is 15.9 Å². The molecular weight excluding hydrogens is 518 g/mol. The van der Waals surface area contributed by atoms with Gasteiger partial charge in [0.15, 0.2) is 11.3 Å². The summed E-state index contributed by atoms with van der Waals surface area (Å²) in [6.45, 7) is 0. The Kier molecular flexibility index (Phi) is 5.64. The molecule has 0 bridgehead atoms. The molecule has 4 aromatic rings. The van der Waals surface area contributed by atoms with E-state index in [-0.39, 0.29) is 5.69 Å². The Labute approximate surface area is 190 Å². The minimum absolute atomic E-state index is 0.0902. The van der Waals surface area contributed by atoms with Crippen molar-refractivity contribution < 1.29 is 31.1 Å². The van der Waals surface area contributed by atoms with E-state index in [1.54, 1.807) is 12.1 Å². The number of nitrogens with zero attached hydrogens (tertiary/aromatic N) is 3. The van der Waals surface area contributed by atoms with Crippen LogP contribution in [0.15, 0.2) is 65.3 Å². The van der Waals surface area contributed by atoms with Crippen molar-refractivity contribution in [3.63, 3.8) is 0 Å². The van der Waals surface area contributed by atoms with E-state index in [1.165, 1.54) is 18.2 Å². The first-order valence-electron chi connectivity index (χ1n) is 9.14. The Morgan fingerprint density at radius 1 is 0.939 bits per heavy atom. The molecule has 12 heteroatoms. The average Bonchev–Trinajstić information content (AvgIpc) is 3.16. The summed E-state index contributed by atoms with van der Waals surface area (Å²) in [5.74, 6) is -1.09. The zero-order valence-electron chi connectivity index (χ0n) is 16.2. The van der Waals surface area contributed by atoms with Crippen molar-refractivity contribution in [2.24, 2.45) is 0 Å². The number of benzene rings is 2. The van der Waals surface area contributed by atoms with Crippen molar-refractivity contribution in [3.8, 4) is 11.3 Å². The predicted molar refractivity (Wildman–Crippen MR) is 111 cm³/mol. The fourth-order valence-corrected chi connectivity index (χ4v) is 3.39. The van der Waals surface area contributed by atoms with Gasteiger partial charge in [-0.2, -0.15) is 31.4 Å². The molecule has 2 aromatic carbocycles. The second-order valence-electron chi connectivity index (χ2n) is 6.82. The topological polar surface area (TPSA) is 59.3 Å². The quantitative estimate of drug-likeness (QED) is 0.311. The Balaban J connectivity index is 1.83. The van der Waals surface area contributed by atoms with Crippen LogP contribution in [0.2, 0.25) is 0 Å². The number of anilines is 1. The van der Waals surface area contributed by atoms with E-state index < -0.39 is 46.4 Å². The Morgan fingerprint density at radius 2 is 1.61 bits per heavy atom. The van der Waals surface area contributed by atoms with Crippen molar-refractivity contribution in [1.29, 1.82) is 0 Å². The third kappa shape index (κ3) is 4.56. The van der Waals surface area contributed by atoms with E-state index in [0.717, 1.165) is 30.5 Å². The number of carbonyl (C=O) groups excluding carboxylic acids is 1. The molecule has 0 aliphatic carbocycles. The SMILES string of the molecule is O=C(Nc1ccccc1C(F)(F)F)c1cnn2c(C(F)(F)F)cc(-c3ccc(Br)cc3)nc12. The fourth-order valence-electron chi connectivity index (χ4n) is 3.12. The molecule has 0 fully saturated rings. The van der Waals surface area contributed by atoms with Gasteiger partial charge < -0.3 is 5.32 Å². The first-order valence-corrected chi connectivity index (χ1v) is 9.94. The molecule has 0 spiro atoms. The van der Waals surface area contributed by atoms with E-state index in [4.69, 9.17) is 0 Å². The number of halogens is 7. The molecule has 0 saturated carbocycles. The predicted octanol–water partition coefficient (Wildman–Crippen LogP) is 6.45. The van der Waals surface area contributed by atoms with Crippen molar-refractivity contribution in [3.05, 3.63) is 82.1 Å². The first-order chi connectivity index (χ1) is 15.4. The molecule has 0 unspecified atom stereocenters. The van der Waals surface area contributed by atoms with Crippen LogP contribution in [0.25, 0.3) is 16.9 Å². The number of aromatic nitrogens is 3. The average molecular weight is 529 g/mol. The van der Waals surface area contributed by atoms with Crippen LogP contribution in [0.4, 0.5) is 32.0 Å². The maximum atomic E-state index is 13.7. The minimum Gasteiger partial charge on any atom is -0.321 e. The molecule has 0 saturated heterocycles. The van der Waals surface area contributed by atoms with Crippen molar-refractivity contribution >= 4 is 33.2 Å². The molecule has 170 valence electrons. The lowest BCUT2D eigenvalue weighted by atomic mass is 10.1. The smallest absolute Gasteiger partial charge is 0.321 e. The number of amides is 1. The number of hydrogen-bond donors (Lipinski definition) is 1. The Hall–Kier alpha value is -3.41. The zero-order valence-corrected chi connectivity index (χ0v) is 17.8. The molecule has 33 heavy (non-hydrogen) atoms. The highest BCUT2D eigenvalue weighted by Gasteiger charge is 2.37. The van der Waals surface area contributed by atoms with Gasteiger partial charge in [0.05, 0.1) is 23.1 Å². The van der Waals surface area contributed by atoms with E-state index in [0.29, 0.717) is 14.6 Å². The maximum Gasteiger partial charge on any atom is 0.433 e. The highest BCUT2D eigenvalue weighted by Crippen LogP contribution is 2.36.